The highest BCUT2D eigenvalue weighted by Crippen LogP contribution is 2.22. The topological polar surface area (TPSA) is 56.5 Å². The van der Waals surface area contributed by atoms with Gasteiger partial charge in [-0.1, -0.05) is 15.9 Å². The smallest absolute Gasteiger partial charge is 0.336 e. The van der Waals surface area contributed by atoms with Crippen molar-refractivity contribution in [1.82, 2.24) is 0 Å². The molecule has 0 radical (unpaired) electrons. The van der Waals surface area contributed by atoms with Gasteiger partial charge < -0.3 is 9.15 Å². The van der Waals surface area contributed by atoms with Gasteiger partial charge in [0.2, 0.25) is 0 Å². The van der Waals surface area contributed by atoms with E-state index in [1.807, 2.05) is 0 Å². The number of carbonyl (C=O) groups excluding carboxylic acids is 2. The Bertz CT molecular complexity index is 614. The first-order valence-electron chi connectivity index (χ1n) is 5.37. The Morgan fingerprint density at radius 1 is 1.32 bits per heavy atom. The molecule has 1 heterocycles. The molecule has 0 bridgehead atoms. The average Bonchev–Trinajstić information content (AvgIpc) is 2.91. The van der Waals surface area contributed by atoms with E-state index in [0.29, 0.717) is 17.6 Å². The van der Waals surface area contributed by atoms with E-state index < -0.39 is 5.97 Å². The molecule has 0 saturated heterocycles. The molecular formula is C14H9BrO4. The van der Waals surface area contributed by atoms with Crippen molar-refractivity contribution < 1.29 is 18.7 Å². The molecule has 0 aliphatic heterocycles. The predicted molar refractivity (Wildman–Crippen MR) is 72.9 cm³/mol. The van der Waals surface area contributed by atoms with E-state index in [1.165, 1.54) is 18.4 Å². The zero-order valence-corrected chi connectivity index (χ0v) is 11.3. The second-order valence-electron chi connectivity index (χ2n) is 3.57. The molecule has 2 aromatic rings. The first-order chi connectivity index (χ1) is 9.19. The van der Waals surface area contributed by atoms with E-state index >= 15 is 0 Å². The van der Waals surface area contributed by atoms with Gasteiger partial charge in [-0.3, -0.25) is 4.79 Å². The molecule has 19 heavy (non-hydrogen) atoms. The number of furan rings is 1. The van der Waals surface area contributed by atoms with E-state index in [-0.39, 0.29) is 5.75 Å². The number of aldehydes is 1. The van der Waals surface area contributed by atoms with E-state index in [4.69, 9.17) is 9.15 Å². The van der Waals surface area contributed by atoms with Crippen LogP contribution < -0.4 is 4.74 Å². The summed E-state index contributed by atoms with van der Waals surface area (Å²) in [6.07, 6.45) is 4.85. The summed E-state index contributed by atoms with van der Waals surface area (Å²) in [5.74, 6) is 0.178. The van der Waals surface area contributed by atoms with Gasteiger partial charge in [0.25, 0.3) is 0 Å². The van der Waals surface area contributed by atoms with Crippen LogP contribution >= 0.6 is 15.9 Å². The third kappa shape index (κ3) is 3.66. The van der Waals surface area contributed by atoms with Gasteiger partial charge >= 0.3 is 5.97 Å². The van der Waals surface area contributed by atoms with Gasteiger partial charge in [0.1, 0.15) is 11.5 Å². The number of halogens is 1. The molecule has 1 aromatic heterocycles. The van der Waals surface area contributed by atoms with Gasteiger partial charge in [0, 0.05) is 10.5 Å². The van der Waals surface area contributed by atoms with E-state index in [1.54, 1.807) is 30.3 Å². The molecule has 0 N–H and O–H groups in total. The third-order valence-corrected chi connectivity index (χ3v) is 2.73. The van der Waals surface area contributed by atoms with Crippen LogP contribution in [0.25, 0.3) is 6.08 Å². The van der Waals surface area contributed by atoms with Crippen molar-refractivity contribution in [2.75, 3.05) is 0 Å². The summed E-state index contributed by atoms with van der Waals surface area (Å²) in [6, 6.07) is 8.23. The molecule has 96 valence electrons. The third-order valence-electron chi connectivity index (χ3n) is 2.24. The van der Waals surface area contributed by atoms with Crippen LogP contribution in [0.5, 0.6) is 5.75 Å². The van der Waals surface area contributed by atoms with Crippen LogP contribution in [-0.2, 0) is 4.79 Å². The van der Waals surface area contributed by atoms with Crippen LogP contribution in [0.2, 0.25) is 0 Å². The number of hydrogen-bond donors (Lipinski definition) is 0. The number of hydrogen-bond acceptors (Lipinski definition) is 4. The fourth-order valence-electron chi connectivity index (χ4n) is 1.38. The summed E-state index contributed by atoms with van der Waals surface area (Å²) in [7, 11) is 0. The molecule has 0 amide bonds. The molecule has 0 saturated carbocycles. The van der Waals surface area contributed by atoms with Crippen LogP contribution in [0.4, 0.5) is 0 Å². The van der Waals surface area contributed by atoms with Crippen LogP contribution in [-0.4, -0.2) is 12.3 Å². The SMILES string of the molecule is O=Cc1cc(Br)ccc1OC(=O)/C=C/c1ccco1. The molecule has 0 atom stereocenters. The van der Waals surface area contributed by atoms with Crippen molar-refractivity contribution >= 4 is 34.3 Å². The normalized spacial score (nSPS) is 10.6. The minimum Gasteiger partial charge on any atom is -0.465 e. The van der Waals surface area contributed by atoms with Gasteiger partial charge in [-0.2, -0.15) is 0 Å². The largest absolute Gasteiger partial charge is 0.465 e. The molecule has 1 aromatic carbocycles. The summed E-state index contributed by atoms with van der Waals surface area (Å²) in [5, 5.41) is 0. The van der Waals surface area contributed by atoms with Crippen LogP contribution in [0.15, 0.2) is 51.6 Å². The predicted octanol–water partition coefficient (Wildman–Crippen LogP) is 3.47. The van der Waals surface area contributed by atoms with Gasteiger partial charge in [-0.15, -0.1) is 0 Å². The minimum absolute atomic E-state index is 0.215. The summed E-state index contributed by atoms with van der Waals surface area (Å²) in [4.78, 5) is 22.4. The van der Waals surface area contributed by atoms with Crippen molar-refractivity contribution in [3.05, 3.63) is 58.5 Å². The zero-order valence-electron chi connectivity index (χ0n) is 9.71. The molecule has 4 nitrogen and oxygen atoms in total. The maximum atomic E-state index is 11.6. The number of rotatable bonds is 4. The molecule has 2 rings (SSSR count). The highest BCUT2D eigenvalue weighted by Gasteiger charge is 2.07. The molecule has 0 aliphatic carbocycles. The van der Waals surface area contributed by atoms with Crippen molar-refractivity contribution in [3.8, 4) is 5.75 Å². The Morgan fingerprint density at radius 3 is 2.84 bits per heavy atom. The number of ether oxygens (including phenoxy) is 1. The van der Waals surface area contributed by atoms with E-state index in [2.05, 4.69) is 15.9 Å². The second-order valence-corrected chi connectivity index (χ2v) is 4.49. The van der Waals surface area contributed by atoms with Crippen molar-refractivity contribution in [1.29, 1.82) is 0 Å². The Hall–Kier alpha value is -2.14. The lowest BCUT2D eigenvalue weighted by atomic mass is 10.2. The highest BCUT2D eigenvalue weighted by molar-refractivity contribution is 9.10. The summed E-state index contributed by atoms with van der Waals surface area (Å²) in [5.41, 5.74) is 0.300. The van der Waals surface area contributed by atoms with E-state index in [9.17, 15) is 9.59 Å². The number of esters is 1. The lowest BCUT2D eigenvalue weighted by Crippen LogP contribution is -2.05. The summed E-state index contributed by atoms with van der Waals surface area (Å²) in [6.45, 7) is 0. The van der Waals surface area contributed by atoms with Crippen molar-refractivity contribution in [2.45, 2.75) is 0 Å². The Balaban J connectivity index is 2.09. The van der Waals surface area contributed by atoms with Crippen molar-refractivity contribution in [2.24, 2.45) is 0 Å². The monoisotopic (exact) mass is 320 g/mol. The molecular weight excluding hydrogens is 312 g/mol. The fraction of sp³-hybridized carbons (Fsp3) is 0. The lowest BCUT2D eigenvalue weighted by molar-refractivity contribution is -0.128. The van der Waals surface area contributed by atoms with Gasteiger partial charge in [-0.25, -0.2) is 4.79 Å². The average molecular weight is 321 g/mol. The minimum atomic E-state index is -0.582. The van der Waals surface area contributed by atoms with Gasteiger partial charge in [0.05, 0.1) is 11.8 Å². The molecule has 5 heteroatoms. The van der Waals surface area contributed by atoms with Crippen LogP contribution in [0.1, 0.15) is 16.1 Å². The number of carbonyl (C=O) groups is 2. The Kier molecular flexibility index (Phi) is 4.30. The first kappa shape index (κ1) is 13.3. The molecule has 0 aliphatic rings. The Labute approximate surface area is 117 Å². The summed E-state index contributed by atoms with van der Waals surface area (Å²) >= 11 is 3.23. The van der Waals surface area contributed by atoms with Crippen molar-refractivity contribution in [3.63, 3.8) is 0 Å². The standard InChI is InChI=1S/C14H9BrO4/c15-11-3-5-13(10(8-11)9-16)19-14(17)6-4-12-2-1-7-18-12/h1-9H/b6-4+. The van der Waals surface area contributed by atoms with Crippen LogP contribution in [0.3, 0.4) is 0 Å². The highest BCUT2D eigenvalue weighted by atomic mass is 79.9. The fourth-order valence-corrected chi connectivity index (χ4v) is 1.76. The molecule has 0 fully saturated rings. The quantitative estimate of drug-likeness (QED) is 0.374. The van der Waals surface area contributed by atoms with Gasteiger partial charge in [0.15, 0.2) is 6.29 Å². The zero-order chi connectivity index (χ0) is 13.7. The lowest BCUT2D eigenvalue weighted by Gasteiger charge is -2.04. The number of benzene rings is 1. The first-order valence-corrected chi connectivity index (χ1v) is 6.16. The summed E-state index contributed by atoms with van der Waals surface area (Å²) < 4.78 is 10.8. The second kappa shape index (κ2) is 6.15. The maximum absolute atomic E-state index is 11.6. The maximum Gasteiger partial charge on any atom is 0.336 e. The molecule has 0 spiro atoms. The van der Waals surface area contributed by atoms with E-state index in [0.717, 1.165) is 4.47 Å². The molecule has 0 unspecified atom stereocenters. The Morgan fingerprint density at radius 2 is 2.16 bits per heavy atom. The van der Waals surface area contributed by atoms with Gasteiger partial charge in [-0.05, 0) is 36.4 Å². The van der Waals surface area contributed by atoms with Crippen LogP contribution in [0, 0.1) is 0 Å².